The van der Waals surface area contributed by atoms with Gasteiger partial charge in [-0.2, -0.15) is 15.1 Å². The van der Waals surface area contributed by atoms with E-state index in [0.717, 1.165) is 5.56 Å². The molecule has 0 atom stereocenters. The fraction of sp³-hybridized carbons (Fsp3) is 0.316. The highest BCUT2D eigenvalue weighted by Gasteiger charge is 2.18. The van der Waals surface area contributed by atoms with Crippen LogP contribution < -0.4 is 15.4 Å². The van der Waals surface area contributed by atoms with Gasteiger partial charge in [0.05, 0.1) is 33.5 Å². The number of alkyl halides is 1. The Balaban J connectivity index is 1.72. The Kier molecular flexibility index (Phi) is 6.49. The zero-order valence-electron chi connectivity index (χ0n) is 18.0. The number of anilines is 2. The average molecular weight is 474 g/mol. The molecular formula is C19H20ClN9O4. The van der Waals surface area contributed by atoms with E-state index in [2.05, 4.69) is 45.6 Å². The van der Waals surface area contributed by atoms with Crippen molar-refractivity contribution in [2.75, 3.05) is 24.9 Å². The summed E-state index contributed by atoms with van der Waals surface area (Å²) in [5, 5.41) is 13.9. The van der Waals surface area contributed by atoms with Gasteiger partial charge in [0.25, 0.3) is 0 Å². The zero-order chi connectivity index (χ0) is 23.4. The minimum absolute atomic E-state index is 0.0443. The minimum Gasteiger partial charge on any atom is -0.495 e. The number of carbonyl (C=O) groups is 1. The van der Waals surface area contributed by atoms with E-state index in [1.54, 1.807) is 31.1 Å². The summed E-state index contributed by atoms with van der Waals surface area (Å²) in [7, 11) is 2.81. The van der Waals surface area contributed by atoms with E-state index < -0.39 is 6.09 Å². The van der Waals surface area contributed by atoms with Crippen molar-refractivity contribution >= 4 is 40.5 Å². The monoisotopic (exact) mass is 473 g/mol. The minimum atomic E-state index is -0.699. The molecule has 2 N–H and O–H groups in total. The lowest BCUT2D eigenvalue weighted by Gasteiger charge is -2.12. The number of ether oxygens (including phenoxy) is 2. The topological polar surface area (TPSA) is 155 Å². The summed E-state index contributed by atoms with van der Waals surface area (Å²) in [6, 6.07) is 1.83. The molecule has 0 aliphatic rings. The number of hydrogen-bond acceptors (Lipinski definition) is 11. The summed E-state index contributed by atoms with van der Waals surface area (Å²) < 4.78 is 16.8. The molecule has 0 spiro atoms. The van der Waals surface area contributed by atoms with Crippen molar-refractivity contribution < 1.29 is 18.8 Å². The molecule has 0 radical (unpaired) electrons. The molecule has 172 valence electrons. The second-order valence-electron chi connectivity index (χ2n) is 6.76. The van der Waals surface area contributed by atoms with E-state index in [1.807, 2.05) is 6.07 Å². The molecule has 0 saturated carbocycles. The van der Waals surface area contributed by atoms with Gasteiger partial charge in [-0.3, -0.25) is 15.0 Å². The first-order valence-corrected chi connectivity index (χ1v) is 10.2. The standard InChI is InChI=1S/C19H20ClN9O4/c1-10-24-15(28-33-10)8-22-17-16-12(25-18(26-17)27-19(30)32-3)7-23-29(16)9-13-14(31-2)4-11(5-20)6-21-13/h4,6-7H,5,8-9H2,1-3H3,(H2,22,25,26,27,30). The SMILES string of the molecule is COC(=O)Nc1nc(NCc2noc(C)n2)c2c(cnn2Cc2ncc(CCl)cc2OC)n1. The summed E-state index contributed by atoms with van der Waals surface area (Å²) in [5.41, 5.74) is 2.55. The van der Waals surface area contributed by atoms with E-state index >= 15 is 0 Å². The predicted octanol–water partition coefficient (Wildman–Crippen LogP) is 2.50. The number of methoxy groups -OCH3 is 2. The number of aromatic nitrogens is 7. The van der Waals surface area contributed by atoms with Crippen molar-refractivity contribution in [1.82, 2.24) is 34.9 Å². The molecule has 33 heavy (non-hydrogen) atoms. The maximum atomic E-state index is 11.7. The number of hydrogen-bond donors (Lipinski definition) is 2. The predicted molar refractivity (Wildman–Crippen MR) is 117 cm³/mol. The number of nitrogens with one attached hydrogen (secondary N) is 2. The smallest absolute Gasteiger partial charge is 0.413 e. The number of nitrogens with zero attached hydrogens (tertiary/aromatic N) is 7. The molecule has 4 aromatic heterocycles. The van der Waals surface area contributed by atoms with Crippen molar-refractivity contribution in [3.05, 3.63) is 41.4 Å². The molecular weight excluding hydrogens is 454 g/mol. The summed E-state index contributed by atoms with van der Waals surface area (Å²) in [5.74, 6) is 2.22. The fourth-order valence-corrected chi connectivity index (χ4v) is 3.19. The molecule has 4 heterocycles. The summed E-state index contributed by atoms with van der Waals surface area (Å²) >= 11 is 5.90. The van der Waals surface area contributed by atoms with E-state index in [0.29, 0.717) is 45.9 Å². The molecule has 0 aliphatic carbocycles. The number of halogens is 1. The number of pyridine rings is 1. The van der Waals surface area contributed by atoms with Crippen LogP contribution in [0.2, 0.25) is 0 Å². The largest absolute Gasteiger partial charge is 0.495 e. The van der Waals surface area contributed by atoms with Crippen molar-refractivity contribution in [3.63, 3.8) is 0 Å². The lowest BCUT2D eigenvalue weighted by molar-refractivity contribution is 0.186. The van der Waals surface area contributed by atoms with Gasteiger partial charge >= 0.3 is 6.09 Å². The lowest BCUT2D eigenvalue weighted by atomic mass is 10.2. The number of fused-ring (bicyclic) bond motifs is 1. The van der Waals surface area contributed by atoms with Crippen LogP contribution in [0.15, 0.2) is 23.0 Å². The van der Waals surface area contributed by atoms with E-state index in [4.69, 9.17) is 20.9 Å². The zero-order valence-corrected chi connectivity index (χ0v) is 18.8. The van der Waals surface area contributed by atoms with Gasteiger partial charge < -0.3 is 19.3 Å². The highest BCUT2D eigenvalue weighted by atomic mass is 35.5. The fourth-order valence-electron chi connectivity index (χ4n) is 3.04. The van der Waals surface area contributed by atoms with Crippen molar-refractivity contribution in [3.8, 4) is 5.75 Å². The Morgan fingerprint density at radius 3 is 2.79 bits per heavy atom. The van der Waals surface area contributed by atoms with Crippen LogP contribution in [-0.4, -0.2) is 55.2 Å². The van der Waals surface area contributed by atoms with Gasteiger partial charge in [-0.1, -0.05) is 5.16 Å². The lowest BCUT2D eigenvalue weighted by Crippen LogP contribution is -2.15. The van der Waals surface area contributed by atoms with Crippen LogP contribution in [-0.2, 0) is 23.7 Å². The highest BCUT2D eigenvalue weighted by molar-refractivity contribution is 6.17. The average Bonchev–Trinajstić information content (AvgIpc) is 3.43. The quantitative estimate of drug-likeness (QED) is 0.362. The van der Waals surface area contributed by atoms with Crippen molar-refractivity contribution in [2.45, 2.75) is 25.9 Å². The second kappa shape index (κ2) is 9.65. The van der Waals surface area contributed by atoms with Gasteiger partial charge in [-0.25, -0.2) is 9.78 Å². The normalized spacial score (nSPS) is 10.9. The summed E-state index contributed by atoms with van der Waals surface area (Å²) in [6.45, 7) is 2.19. The van der Waals surface area contributed by atoms with E-state index in [-0.39, 0.29) is 19.0 Å². The van der Waals surface area contributed by atoms with E-state index in [1.165, 1.54) is 7.11 Å². The molecule has 0 aromatic carbocycles. The molecule has 0 bridgehead atoms. The maximum absolute atomic E-state index is 11.7. The molecule has 4 rings (SSSR count). The third kappa shape index (κ3) is 4.92. The molecule has 4 aromatic rings. The van der Waals surface area contributed by atoms with Crippen LogP contribution in [0.3, 0.4) is 0 Å². The van der Waals surface area contributed by atoms with Gasteiger partial charge in [0.15, 0.2) is 11.6 Å². The summed E-state index contributed by atoms with van der Waals surface area (Å²) in [4.78, 5) is 29.0. The Hall–Kier alpha value is -4.00. The van der Waals surface area contributed by atoms with Gasteiger partial charge in [0, 0.05) is 19.0 Å². The van der Waals surface area contributed by atoms with Crippen LogP contribution >= 0.6 is 11.6 Å². The van der Waals surface area contributed by atoms with Crippen LogP contribution in [0.1, 0.15) is 23.0 Å². The van der Waals surface area contributed by atoms with Gasteiger partial charge in [0.2, 0.25) is 11.8 Å². The maximum Gasteiger partial charge on any atom is 0.413 e. The molecule has 14 heteroatoms. The van der Waals surface area contributed by atoms with Crippen molar-refractivity contribution in [1.29, 1.82) is 0 Å². The Bertz CT molecular complexity index is 1290. The van der Waals surface area contributed by atoms with Crippen LogP contribution in [0.25, 0.3) is 11.0 Å². The van der Waals surface area contributed by atoms with Crippen LogP contribution in [0.4, 0.5) is 16.6 Å². The molecule has 1 amide bonds. The Labute approximate surface area is 192 Å². The molecule has 0 aliphatic heterocycles. The number of aryl methyl sites for hydroxylation is 1. The van der Waals surface area contributed by atoms with E-state index in [9.17, 15) is 4.79 Å². The molecule has 13 nitrogen and oxygen atoms in total. The van der Waals surface area contributed by atoms with Crippen molar-refractivity contribution in [2.24, 2.45) is 0 Å². The van der Waals surface area contributed by atoms with Gasteiger partial charge in [-0.05, 0) is 11.6 Å². The third-order valence-corrected chi connectivity index (χ3v) is 4.84. The number of carbonyl (C=O) groups excluding carboxylic acids is 1. The van der Waals surface area contributed by atoms with Crippen LogP contribution in [0.5, 0.6) is 5.75 Å². The highest BCUT2D eigenvalue weighted by Crippen LogP contribution is 2.26. The number of rotatable bonds is 8. The first-order valence-electron chi connectivity index (χ1n) is 9.70. The molecule has 0 unspecified atom stereocenters. The third-order valence-electron chi connectivity index (χ3n) is 4.53. The Morgan fingerprint density at radius 2 is 2.09 bits per heavy atom. The first-order chi connectivity index (χ1) is 16.0. The summed E-state index contributed by atoms with van der Waals surface area (Å²) in [6.07, 6.45) is 2.54. The molecule has 0 saturated heterocycles. The molecule has 0 fully saturated rings. The first kappa shape index (κ1) is 22.2. The number of amides is 1. The van der Waals surface area contributed by atoms with Gasteiger partial charge in [0.1, 0.15) is 22.5 Å². The van der Waals surface area contributed by atoms with Crippen LogP contribution in [0, 0.1) is 6.92 Å². The second-order valence-corrected chi connectivity index (χ2v) is 7.03. The van der Waals surface area contributed by atoms with Gasteiger partial charge in [-0.15, -0.1) is 11.6 Å². The Morgan fingerprint density at radius 1 is 1.24 bits per heavy atom.